The Kier molecular flexibility index (Phi) is 10.00. The van der Waals surface area contributed by atoms with Gasteiger partial charge in [0.25, 0.3) is 11.8 Å². The fourth-order valence-electron chi connectivity index (χ4n) is 3.23. The molecule has 0 saturated carbocycles. The third kappa shape index (κ3) is 8.00. The summed E-state index contributed by atoms with van der Waals surface area (Å²) in [5.41, 5.74) is 0.117. The van der Waals surface area contributed by atoms with Gasteiger partial charge in [0.2, 0.25) is 5.91 Å². The maximum absolute atomic E-state index is 13.1. The number of carbonyl (C=O) groups excluding carboxylic acids is 4. The Morgan fingerprint density at radius 1 is 1.24 bits per heavy atom. The molecule has 2 heterocycles. The van der Waals surface area contributed by atoms with Crippen LogP contribution >= 0.6 is 22.9 Å². The molecule has 37 heavy (non-hydrogen) atoms. The Bertz CT molecular complexity index is 1150. The molecule has 1 fully saturated rings. The first-order chi connectivity index (χ1) is 17.7. The van der Waals surface area contributed by atoms with Crippen LogP contribution < -0.4 is 25.6 Å². The molecular formula is C22H23ClF2N4O7S. The number of benzene rings is 1. The van der Waals surface area contributed by atoms with Crippen molar-refractivity contribution in [2.45, 2.75) is 19.6 Å². The zero-order valence-electron chi connectivity index (χ0n) is 19.4. The minimum Gasteiger partial charge on any atom is -0.450 e. The molecule has 0 bridgehead atoms. The minimum absolute atomic E-state index is 0.0221. The first-order valence-corrected chi connectivity index (χ1v) is 12.1. The highest BCUT2D eigenvalue weighted by Gasteiger charge is 2.26. The van der Waals surface area contributed by atoms with E-state index in [-0.39, 0.29) is 55.1 Å². The fourth-order valence-corrected chi connectivity index (χ4v) is 4.19. The van der Waals surface area contributed by atoms with Crippen LogP contribution in [0.25, 0.3) is 0 Å². The van der Waals surface area contributed by atoms with E-state index in [4.69, 9.17) is 21.1 Å². The zero-order chi connectivity index (χ0) is 26.9. The lowest BCUT2D eigenvalue weighted by Crippen LogP contribution is -2.50. The second-order valence-corrected chi connectivity index (χ2v) is 9.09. The molecule has 2 aromatic rings. The van der Waals surface area contributed by atoms with E-state index in [0.717, 1.165) is 11.3 Å². The number of hydrogen-bond donors (Lipinski definition) is 3. The van der Waals surface area contributed by atoms with E-state index in [0.29, 0.717) is 4.34 Å². The summed E-state index contributed by atoms with van der Waals surface area (Å²) in [5, 5.41) is 7.22. The second-order valence-electron chi connectivity index (χ2n) is 7.38. The number of thiophene rings is 1. The van der Waals surface area contributed by atoms with Gasteiger partial charge in [0.05, 0.1) is 28.1 Å². The highest BCUT2D eigenvalue weighted by molar-refractivity contribution is 7.18. The molecule has 1 saturated heterocycles. The first-order valence-electron chi connectivity index (χ1n) is 10.9. The summed E-state index contributed by atoms with van der Waals surface area (Å²) in [4.78, 5) is 51.1. The van der Waals surface area contributed by atoms with E-state index in [2.05, 4.69) is 20.7 Å². The van der Waals surface area contributed by atoms with Crippen LogP contribution in [0.1, 0.15) is 16.6 Å². The number of rotatable bonds is 10. The largest absolute Gasteiger partial charge is 0.450 e. The molecule has 3 rings (SSSR count). The number of ether oxygens (including phenoxy) is 3. The van der Waals surface area contributed by atoms with E-state index >= 15 is 0 Å². The van der Waals surface area contributed by atoms with Gasteiger partial charge in [-0.25, -0.2) is 4.79 Å². The number of halogens is 3. The number of alkyl carbamates (subject to hydrolysis) is 1. The Hall–Kier alpha value is -3.49. The van der Waals surface area contributed by atoms with Crippen molar-refractivity contribution in [1.29, 1.82) is 0 Å². The Labute approximate surface area is 219 Å². The molecule has 1 atom stereocenters. The van der Waals surface area contributed by atoms with Crippen LogP contribution in [0.2, 0.25) is 4.34 Å². The minimum atomic E-state index is -3.23. The predicted octanol–water partition coefficient (Wildman–Crippen LogP) is 2.85. The predicted molar refractivity (Wildman–Crippen MR) is 130 cm³/mol. The molecule has 1 aliphatic rings. The van der Waals surface area contributed by atoms with Gasteiger partial charge in [-0.2, -0.15) is 8.78 Å². The average Bonchev–Trinajstić information content (AvgIpc) is 3.29. The number of nitrogens with zero attached hydrogens (tertiary/aromatic N) is 1. The smallest absolute Gasteiger partial charge is 0.407 e. The zero-order valence-corrected chi connectivity index (χ0v) is 21.0. The van der Waals surface area contributed by atoms with Gasteiger partial charge in [0.15, 0.2) is 5.75 Å². The van der Waals surface area contributed by atoms with Crippen molar-refractivity contribution >= 4 is 58.1 Å². The van der Waals surface area contributed by atoms with Crippen LogP contribution in [-0.4, -0.2) is 69.4 Å². The maximum atomic E-state index is 13.1. The van der Waals surface area contributed by atoms with Gasteiger partial charge in [0.1, 0.15) is 12.6 Å². The number of morpholine rings is 1. The third-order valence-corrected chi connectivity index (χ3v) is 6.11. The monoisotopic (exact) mass is 560 g/mol. The van der Waals surface area contributed by atoms with Crippen LogP contribution in [-0.2, 0) is 19.1 Å². The lowest BCUT2D eigenvalue weighted by molar-refractivity contribution is -0.125. The van der Waals surface area contributed by atoms with Crippen molar-refractivity contribution in [1.82, 2.24) is 10.6 Å². The van der Waals surface area contributed by atoms with Gasteiger partial charge in [0, 0.05) is 24.8 Å². The van der Waals surface area contributed by atoms with Crippen molar-refractivity contribution < 1.29 is 42.2 Å². The number of hydrogen-bond acceptors (Lipinski definition) is 8. The van der Waals surface area contributed by atoms with E-state index in [1.165, 1.54) is 35.2 Å². The summed E-state index contributed by atoms with van der Waals surface area (Å²) >= 11 is 6.86. The SMILES string of the molecule is CCOC(=O)N[C@H](CNC(=O)c1ccc(Cl)s1)C(=O)Nc1ccc(N2CCOCC2=O)cc1OC(F)F. The number of nitrogens with one attached hydrogen (secondary N) is 3. The van der Waals surface area contributed by atoms with Crippen molar-refractivity contribution in [3.63, 3.8) is 0 Å². The van der Waals surface area contributed by atoms with E-state index in [1.54, 1.807) is 6.92 Å². The topological polar surface area (TPSA) is 135 Å². The number of carbonyl (C=O) groups is 4. The first kappa shape index (κ1) is 28.1. The molecule has 1 aliphatic heterocycles. The second kappa shape index (κ2) is 13.2. The van der Waals surface area contributed by atoms with Crippen molar-refractivity contribution in [2.24, 2.45) is 0 Å². The van der Waals surface area contributed by atoms with Crippen LogP contribution in [0.5, 0.6) is 5.75 Å². The normalized spacial score (nSPS) is 14.2. The molecule has 1 aromatic heterocycles. The Balaban J connectivity index is 1.78. The van der Waals surface area contributed by atoms with Gasteiger partial charge >= 0.3 is 12.7 Å². The molecule has 4 amide bonds. The molecule has 11 nitrogen and oxygen atoms in total. The molecule has 0 radical (unpaired) electrons. The summed E-state index contributed by atoms with van der Waals surface area (Å²) in [7, 11) is 0. The highest BCUT2D eigenvalue weighted by atomic mass is 35.5. The molecule has 15 heteroatoms. The molecule has 200 valence electrons. The van der Waals surface area contributed by atoms with Gasteiger partial charge in [-0.15, -0.1) is 11.3 Å². The van der Waals surface area contributed by atoms with Crippen LogP contribution in [0.4, 0.5) is 25.0 Å². The lowest BCUT2D eigenvalue weighted by Gasteiger charge is -2.27. The molecular weight excluding hydrogens is 538 g/mol. The van der Waals surface area contributed by atoms with Crippen molar-refractivity contribution in [3.8, 4) is 5.75 Å². The summed E-state index contributed by atoms with van der Waals surface area (Å²) < 4.78 is 41.0. The average molecular weight is 561 g/mol. The number of anilines is 2. The summed E-state index contributed by atoms with van der Waals surface area (Å²) in [6.45, 7) is -1.69. The van der Waals surface area contributed by atoms with Gasteiger partial charge in [-0.3, -0.25) is 14.4 Å². The standard InChI is InChI=1S/C22H23ClF2N4O7S/c1-2-35-22(33)28-14(10-26-20(32)16-5-6-17(23)37-16)19(31)27-13-4-3-12(9-15(13)36-21(24)25)29-7-8-34-11-18(29)30/h3-6,9,14,21H,2,7-8,10-11H2,1H3,(H,26,32)(H,27,31)(H,28,33)/t14-/m1/s1. The third-order valence-electron chi connectivity index (χ3n) is 4.88. The van der Waals surface area contributed by atoms with Gasteiger partial charge < -0.3 is 35.1 Å². The summed E-state index contributed by atoms with van der Waals surface area (Å²) in [6.07, 6.45) is -0.929. The van der Waals surface area contributed by atoms with E-state index in [1.807, 2.05) is 0 Å². The van der Waals surface area contributed by atoms with E-state index in [9.17, 15) is 28.0 Å². The lowest BCUT2D eigenvalue weighted by atomic mass is 10.2. The number of alkyl halides is 2. The highest BCUT2D eigenvalue weighted by Crippen LogP contribution is 2.32. The van der Waals surface area contributed by atoms with Crippen LogP contribution in [0, 0.1) is 0 Å². The van der Waals surface area contributed by atoms with Crippen LogP contribution in [0.15, 0.2) is 30.3 Å². The fraction of sp³-hybridized carbons (Fsp3) is 0.364. The quantitative estimate of drug-likeness (QED) is 0.406. The van der Waals surface area contributed by atoms with Crippen LogP contribution in [0.3, 0.4) is 0 Å². The van der Waals surface area contributed by atoms with Gasteiger partial charge in [-0.1, -0.05) is 11.6 Å². The number of amides is 4. The van der Waals surface area contributed by atoms with Crippen molar-refractivity contribution in [3.05, 3.63) is 39.5 Å². The van der Waals surface area contributed by atoms with Crippen molar-refractivity contribution in [2.75, 3.05) is 43.1 Å². The molecule has 1 aromatic carbocycles. The molecule has 0 spiro atoms. The Morgan fingerprint density at radius 2 is 2.03 bits per heavy atom. The van der Waals surface area contributed by atoms with Gasteiger partial charge in [-0.05, 0) is 31.2 Å². The molecule has 3 N–H and O–H groups in total. The maximum Gasteiger partial charge on any atom is 0.407 e. The molecule has 0 aliphatic carbocycles. The molecule has 0 unspecified atom stereocenters. The summed E-state index contributed by atoms with van der Waals surface area (Å²) in [5.74, 6) is -2.17. The van der Waals surface area contributed by atoms with E-state index < -0.39 is 36.3 Å². The Morgan fingerprint density at radius 3 is 2.68 bits per heavy atom. The summed E-state index contributed by atoms with van der Waals surface area (Å²) in [6, 6.07) is 5.57.